The topological polar surface area (TPSA) is 70.2 Å². The van der Waals surface area contributed by atoms with Crippen LogP contribution in [0.15, 0.2) is 91.1 Å². The zero-order valence-corrected chi connectivity index (χ0v) is 17.7. The maximum atomic E-state index is 14.0. The van der Waals surface area contributed by atoms with Crippen molar-refractivity contribution < 1.29 is 13.6 Å². The summed E-state index contributed by atoms with van der Waals surface area (Å²) in [4.78, 5) is 23.1. The molecule has 0 saturated carbocycles. The molecule has 0 radical (unpaired) electrons. The summed E-state index contributed by atoms with van der Waals surface area (Å²) in [6.45, 7) is 1.97. The predicted octanol–water partition coefficient (Wildman–Crippen LogP) is 6.30. The van der Waals surface area contributed by atoms with Crippen molar-refractivity contribution in [1.82, 2.24) is 9.97 Å². The van der Waals surface area contributed by atoms with Crippen LogP contribution in [0, 0.1) is 11.6 Å². The molecule has 0 unspecified atom stereocenters. The van der Waals surface area contributed by atoms with E-state index >= 15 is 0 Å². The van der Waals surface area contributed by atoms with Crippen LogP contribution < -0.4 is 15.5 Å². The molecule has 0 saturated heterocycles. The molecule has 4 aromatic rings. The van der Waals surface area contributed by atoms with Crippen LogP contribution in [0.2, 0.25) is 0 Å². The van der Waals surface area contributed by atoms with Crippen molar-refractivity contribution in [2.24, 2.45) is 0 Å². The summed E-state index contributed by atoms with van der Waals surface area (Å²) >= 11 is 0. The molecule has 2 amide bonds. The van der Waals surface area contributed by atoms with E-state index in [0.717, 1.165) is 5.56 Å². The van der Waals surface area contributed by atoms with Gasteiger partial charge in [-0.2, -0.15) is 4.98 Å². The average Bonchev–Trinajstić information content (AvgIpc) is 2.82. The zero-order chi connectivity index (χ0) is 23.2. The van der Waals surface area contributed by atoms with Crippen LogP contribution in [0.3, 0.4) is 0 Å². The number of halogens is 2. The molecule has 166 valence electrons. The Morgan fingerprint density at radius 2 is 1.67 bits per heavy atom. The van der Waals surface area contributed by atoms with Crippen LogP contribution in [0.5, 0.6) is 0 Å². The average molecular weight is 445 g/mol. The normalized spacial score (nSPS) is 11.5. The molecule has 1 heterocycles. The Morgan fingerprint density at radius 1 is 0.909 bits per heavy atom. The number of carbonyl (C=O) groups is 1. The van der Waals surface area contributed by atoms with Crippen molar-refractivity contribution in [3.05, 3.63) is 108 Å². The second-order valence-electron chi connectivity index (χ2n) is 7.27. The largest absolute Gasteiger partial charge is 0.348 e. The minimum Gasteiger partial charge on any atom is -0.348 e. The Morgan fingerprint density at radius 3 is 2.39 bits per heavy atom. The monoisotopic (exact) mass is 445 g/mol. The van der Waals surface area contributed by atoms with Gasteiger partial charge in [-0.05, 0) is 55.0 Å². The molecule has 4 rings (SSSR count). The van der Waals surface area contributed by atoms with Crippen molar-refractivity contribution in [1.29, 1.82) is 0 Å². The fourth-order valence-corrected chi connectivity index (χ4v) is 3.24. The van der Waals surface area contributed by atoms with Gasteiger partial charge in [0.1, 0.15) is 17.5 Å². The lowest BCUT2D eigenvalue weighted by molar-refractivity contribution is 0.259. The van der Waals surface area contributed by atoms with Gasteiger partial charge in [0.15, 0.2) is 0 Å². The van der Waals surface area contributed by atoms with Crippen molar-refractivity contribution >= 4 is 29.2 Å². The lowest BCUT2D eigenvalue weighted by Crippen LogP contribution is -2.31. The molecule has 1 aromatic heterocycles. The number of rotatable bonds is 6. The third kappa shape index (κ3) is 5.48. The van der Waals surface area contributed by atoms with Crippen LogP contribution in [0.25, 0.3) is 0 Å². The first kappa shape index (κ1) is 21.9. The maximum absolute atomic E-state index is 14.0. The molecule has 0 spiro atoms. The summed E-state index contributed by atoms with van der Waals surface area (Å²) in [6, 6.07) is 21.6. The molecule has 0 bridgehead atoms. The second-order valence-corrected chi connectivity index (χ2v) is 7.27. The van der Waals surface area contributed by atoms with E-state index in [0.29, 0.717) is 11.6 Å². The number of nitrogens with zero attached hydrogens (tertiary/aromatic N) is 3. The van der Waals surface area contributed by atoms with Gasteiger partial charge < -0.3 is 10.6 Å². The highest BCUT2D eigenvalue weighted by Crippen LogP contribution is 2.27. The van der Waals surface area contributed by atoms with E-state index in [9.17, 15) is 13.6 Å². The van der Waals surface area contributed by atoms with E-state index in [1.165, 1.54) is 53.6 Å². The van der Waals surface area contributed by atoms with Gasteiger partial charge in [0.25, 0.3) is 0 Å². The quantitative estimate of drug-likeness (QED) is 0.366. The van der Waals surface area contributed by atoms with Crippen LogP contribution in [-0.2, 0) is 0 Å². The lowest BCUT2D eigenvalue weighted by Gasteiger charge is -2.23. The standard InChI is InChI=1S/C25H21F2N5O/c1-17(18-6-3-2-4-7-18)29-24-28-15-14-23(31-24)32(22-9-5-8-20(27)16-22)25(33)30-21-12-10-19(26)11-13-21/h2-17H,1H3,(H,30,33)(H,28,29,31)/t17-/m0/s1. The molecule has 33 heavy (non-hydrogen) atoms. The summed E-state index contributed by atoms with van der Waals surface area (Å²) in [5.41, 5.74) is 1.70. The number of hydrogen-bond acceptors (Lipinski definition) is 4. The van der Waals surface area contributed by atoms with Gasteiger partial charge in [-0.3, -0.25) is 0 Å². The minimum atomic E-state index is -0.590. The highest BCUT2D eigenvalue weighted by atomic mass is 19.1. The Bertz CT molecular complexity index is 1240. The number of amides is 2. The maximum Gasteiger partial charge on any atom is 0.332 e. The van der Waals surface area contributed by atoms with Gasteiger partial charge in [0.2, 0.25) is 5.95 Å². The first-order chi connectivity index (χ1) is 16.0. The van der Waals surface area contributed by atoms with Crippen molar-refractivity contribution in [3.63, 3.8) is 0 Å². The van der Waals surface area contributed by atoms with E-state index in [2.05, 4.69) is 20.6 Å². The molecular formula is C25H21F2N5O. The highest BCUT2D eigenvalue weighted by Gasteiger charge is 2.21. The van der Waals surface area contributed by atoms with E-state index in [-0.39, 0.29) is 17.5 Å². The SMILES string of the molecule is C[C@H](Nc1nccc(N(C(=O)Nc2ccc(F)cc2)c2cccc(F)c2)n1)c1ccccc1. The molecule has 0 aliphatic heterocycles. The first-order valence-corrected chi connectivity index (χ1v) is 10.3. The molecule has 0 aliphatic carbocycles. The molecule has 8 heteroatoms. The van der Waals surface area contributed by atoms with Gasteiger partial charge >= 0.3 is 6.03 Å². The van der Waals surface area contributed by atoms with Crippen LogP contribution >= 0.6 is 0 Å². The van der Waals surface area contributed by atoms with Gasteiger partial charge in [-0.1, -0.05) is 36.4 Å². The van der Waals surface area contributed by atoms with Crippen LogP contribution in [0.4, 0.5) is 36.7 Å². The van der Waals surface area contributed by atoms with Crippen LogP contribution in [0.1, 0.15) is 18.5 Å². The third-order valence-corrected chi connectivity index (χ3v) is 4.88. The Labute approximate surface area is 189 Å². The van der Waals surface area contributed by atoms with Gasteiger partial charge in [0, 0.05) is 18.0 Å². The molecule has 0 fully saturated rings. The second kappa shape index (κ2) is 9.86. The summed E-state index contributed by atoms with van der Waals surface area (Å²) in [6.07, 6.45) is 1.51. The van der Waals surface area contributed by atoms with E-state index in [1.807, 2.05) is 37.3 Å². The fourth-order valence-electron chi connectivity index (χ4n) is 3.24. The Balaban J connectivity index is 1.64. The lowest BCUT2D eigenvalue weighted by atomic mass is 10.1. The number of hydrogen-bond donors (Lipinski definition) is 2. The van der Waals surface area contributed by atoms with E-state index < -0.39 is 17.7 Å². The number of urea groups is 1. The molecule has 3 aromatic carbocycles. The van der Waals surface area contributed by atoms with E-state index in [4.69, 9.17) is 0 Å². The molecule has 6 nitrogen and oxygen atoms in total. The van der Waals surface area contributed by atoms with Gasteiger partial charge in [-0.15, -0.1) is 0 Å². The van der Waals surface area contributed by atoms with Crippen molar-refractivity contribution in [2.45, 2.75) is 13.0 Å². The highest BCUT2D eigenvalue weighted by molar-refractivity contribution is 6.06. The Kier molecular flexibility index (Phi) is 6.54. The molecule has 1 atom stereocenters. The number of benzene rings is 3. The molecule has 2 N–H and O–H groups in total. The van der Waals surface area contributed by atoms with Gasteiger partial charge in [0.05, 0.1) is 11.7 Å². The summed E-state index contributed by atoms with van der Waals surface area (Å²) in [5.74, 6) is -0.385. The predicted molar refractivity (Wildman–Crippen MR) is 124 cm³/mol. The minimum absolute atomic E-state index is 0.0860. The summed E-state index contributed by atoms with van der Waals surface area (Å²) in [5, 5.41) is 5.90. The summed E-state index contributed by atoms with van der Waals surface area (Å²) < 4.78 is 27.2. The van der Waals surface area contributed by atoms with Crippen LogP contribution in [-0.4, -0.2) is 16.0 Å². The number of anilines is 4. The fraction of sp³-hybridized carbons (Fsp3) is 0.0800. The zero-order valence-electron chi connectivity index (χ0n) is 17.7. The van der Waals surface area contributed by atoms with E-state index in [1.54, 1.807) is 12.1 Å². The van der Waals surface area contributed by atoms with Crippen molar-refractivity contribution in [3.8, 4) is 0 Å². The molecular weight excluding hydrogens is 424 g/mol. The first-order valence-electron chi connectivity index (χ1n) is 10.3. The van der Waals surface area contributed by atoms with Crippen molar-refractivity contribution in [2.75, 3.05) is 15.5 Å². The smallest absolute Gasteiger partial charge is 0.332 e. The summed E-state index contributed by atoms with van der Waals surface area (Å²) in [7, 11) is 0. The Hall–Kier alpha value is -4.33. The third-order valence-electron chi connectivity index (χ3n) is 4.88. The number of nitrogens with one attached hydrogen (secondary N) is 2. The number of carbonyl (C=O) groups excluding carboxylic acids is 1. The number of aromatic nitrogens is 2. The molecule has 0 aliphatic rings. The van der Waals surface area contributed by atoms with Gasteiger partial charge in [-0.25, -0.2) is 23.5 Å².